The molecule has 0 radical (unpaired) electrons. The molecular formula is C21H23N3O4S. The van der Waals surface area contributed by atoms with E-state index in [1.54, 1.807) is 27.7 Å². The topological polar surface area (TPSA) is 90.3 Å². The lowest BCUT2D eigenvalue weighted by Gasteiger charge is -2.18. The molecule has 8 heteroatoms. The number of ether oxygens (including phenoxy) is 1. The first-order valence-electron chi connectivity index (χ1n) is 9.29. The number of nitrogens with one attached hydrogen (secondary N) is 1. The molecule has 29 heavy (non-hydrogen) atoms. The molecule has 0 aliphatic carbocycles. The monoisotopic (exact) mass is 413 g/mol. The quantitative estimate of drug-likeness (QED) is 0.642. The average Bonchev–Trinajstić information content (AvgIpc) is 3.01. The summed E-state index contributed by atoms with van der Waals surface area (Å²) in [7, 11) is 0. The molecule has 0 spiro atoms. The Morgan fingerprint density at radius 3 is 2.55 bits per heavy atom. The number of thiazole rings is 1. The van der Waals surface area contributed by atoms with Crippen LogP contribution in [0.3, 0.4) is 0 Å². The Balaban J connectivity index is 1.89. The Morgan fingerprint density at radius 2 is 1.86 bits per heavy atom. The zero-order valence-electron chi connectivity index (χ0n) is 17.0. The van der Waals surface area contributed by atoms with Gasteiger partial charge in [-0.2, -0.15) is 0 Å². The second-order valence-electron chi connectivity index (χ2n) is 7.11. The predicted molar refractivity (Wildman–Crippen MR) is 114 cm³/mol. The Hall–Kier alpha value is -3.00. The largest absolute Gasteiger partial charge is 0.459 e. The SMILES string of the molecule is Cc1nc(NC(=O)C(C)n2c(=O)cc(C)c3ccccc32)sc1C(=O)OC(C)C. The van der Waals surface area contributed by atoms with Gasteiger partial charge in [-0.25, -0.2) is 9.78 Å². The van der Waals surface area contributed by atoms with Crippen molar-refractivity contribution in [1.82, 2.24) is 9.55 Å². The van der Waals surface area contributed by atoms with Crippen LogP contribution in [0.15, 0.2) is 35.1 Å². The molecule has 1 aromatic carbocycles. The molecule has 3 aromatic rings. The van der Waals surface area contributed by atoms with Crippen LogP contribution in [0, 0.1) is 13.8 Å². The molecular weight excluding hydrogens is 390 g/mol. The second-order valence-corrected chi connectivity index (χ2v) is 8.10. The molecule has 0 saturated carbocycles. The van der Waals surface area contributed by atoms with E-state index < -0.39 is 17.9 Å². The highest BCUT2D eigenvalue weighted by atomic mass is 32.1. The summed E-state index contributed by atoms with van der Waals surface area (Å²) in [4.78, 5) is 42.2. The van der Waals surface area contributed by atoms with Crippen LogP contribution in [0.5, 0.6) is 0 Å². The van der Waals surface area contributed by atoms with Crippen LogP contribution in [0.2, 0.25) is 0 Å². The molecule has 0 fully saturated rings. The molecule has 152 valence electrons. The Kier molecular flexibility index (Phi) is 5.83. The summed E-state index contributed by atoms with van der Waals surface area (Å²) in [5.74, 6) is -0.858. The van der Waals surface area contributed by atoms with Crippen LogP contribution in [-0.2, 0) is 9.53 Å². The molecule has 1 atom stereocenters. The number of carbonyl (C=O) groups excluding carboxylic acids is 2. The van der Waals surface area contributed by atoms with Crippen LogP contribution in [0.25, 0.3) is 10.9 Å². The molecule has 1 amide bonds. The highest BCUT2D eigenvalue weighted by molar-refractivity contribution is 7.17. The van der Waals surface area contributed by atoms with Gasteiger partial charge in [0, 0.05) is 11.5 Å². The van der Waals surface area contributed by atoms with Crippen molar-refractivity contribution in [2.75, 3.05) is 5.32 Å². The van der Waals surface area contributed by atoms with Crippen molar-refractivity contribution in [2.45, 2.75) is 46.8 Å². The highest BCUT2D eigenvalue weighted by Crippen LogP contribution is 2.25. The molecule has 1 unspecified atom stereocenters. The standard InChI is InChI=1S/C21H23N3O4S/c1-11(2)28-20(27)18-13(4)22-21(29-18)23-19(26)14(5)24-16-9-7-6-8-15(16)12(3)10-17(24)25/h6-11,14H,1-5H3,(H,22,23,26). The molecule has 3 rings (SSSR count). The number of pyridine rings is 1. The summed E-state index contributed by atoms with van der Waals surface area (Å²) in [6.45, 7) is 8.75. The molecule has 0 aliphatic rings. The van der Waals surface area contributed by atoms with Gasteiger partial charge in [-0.05, 0) is 46.2 Å². The Morgan fingerprint density at radius 1 is 1.17 bits per heavy atom. The Bertz CT molecular complexity index is 1150. The maximum Gasteiger partial charge on any atom is 0.350 e. The minimum Gasteiger partial charge on any atom is -0.459 e. The molecule has 2 aromatic heterocycles. The smallest absolute Gasteiger partial charge is 0.350 e. The first kappa shape index (κ1) is 20.7. The maximum atomic E-state index is 12.8. The number of hydrogen-bond acceptors (Lipinski definition) is 6. The molecule has 0 aliphatic heterocycles. The van der Waals surface area contributed by atoms with Gasteiger partial charge in [-0.15, -0.1) is 0 Å². The number of benzene rings is 1. The minimum absolute atomic E-state index is 0.247. The zero-order chi connectivity index (χ0) is 21.3. The van der Waals surface area contributed by atoms with Gasteiger partial charge in [0.1, 0.15) is 10.9 Å². The number of rotatable bonds is 5. The number of anilines is 1. The summed E-state index contributed by atoms with van der Waals surface area (Å²) in [6, 6.07) is 8.23. The first-order chi connectivity index (χ1) is 13.7. The fourth-order valence-corrected chi connectivity index (χ4v) is 3.95. The van der Waals surface area contributed by atoms with E-state index in [1.165, 1.54) is 10.6 Å². The van der Waals surface area contributed by atoms with Crippen molar-refractivity contribution in [3.63, 3.8) is 0 Å². The molecule has 7 nitrogen and oxygen atoms in total. The van der Waals surface area contributed by atoms with Gasteiger partial charge in [0.2, 0.25) is 5.91 Å². The summed E-state index contributed by atoms with van der Waals surface area (Å²) < 4.78 is 6.66. The average molecular weight is 413 g/mol. The predicted octanol–water partition coefficient (Wildman–Crippen LogP) is 3.84. The molecule has 0 bridgehead atoms. The third-order valence-electron chi connectivity index (χ3n) is 4.49. The Labute approximate surface area is 172 Å². The number of esters is 1. The number of para-hydroxylation sites is 1. The van der Waals surface area contributed by atoms with E-state index in [0.29, 0.717) is 21.2 Å². The van der Waals surface area contributed by atoms with Crippen LogP contribution in [-0.4, -0.2) is 27.5 Å². The molecule has 1 N–H and O–H groups in total. The lowest BCUT2D eigenvalue weighted by atomic mass is 10.1. The normalized spacial score (nSPS) is 12.2. The van der Waals surface area contributed by atoms with Crippen molar-refractivity contribution < 1.29 is 14.3 Å². The van der Waals surface area contributed by atoms with E-state index in [4.69, 9.17) is 4.74 Å². The van der Waals surface area contributed by atoms with E-state index in [-0.39, 0.29) is 11.7 Å². The third-order valence-corrected chi connectivity index (χ3v) is 5.54. The van der Waals surface area contributed by atoms with Gasteiger partial charge < -0.3 is 10.1 Å². The minimum atomic E-state index is -0.761. The van der Waals surface area contributed by atoms with Crippen LogP contribution < -0.4 is 10.9 Å². The van der Waals surface area contributed by atoms with Crippen molar-refractivity contribution in [3.8, 4) is 0 Å². The zero-order valence-corrected chi connectivity index (χ0v) is 17.8. The first-order valence-corrected chi connectivity index (χ1v) is 10.1. The van der Waals surface area contributed by atoms with Gasteiger partial charge in [0.25, 0.3) is 5.56 Å². The summed E-state index contributed by atoms with van der Waals surface area (Å²) in [5, 5.41) is 3.92. The second kappa shape index (κ2) is 8.16. The number of aromatic nitrogens is 2. The van der Waals surface area contributed by atoms with Crippen LogP contribution >= 0.6 is 11.3 Å². The van der Waals surface area contributed by atoms with Crippen molar-refractivity contribution in [2.24, 2.45) is 0 Å². The number of carbonyl (C=O) groups is 2. The third kappa shape index (κ3) is 4.22. The molecule has 2 heterocycles. The fourth-order valence-electron chi connectivity index (χ4n) is 3.10. The van der Waals surface area contributed by atoms with E-state index in [9.17, 15) is 14.4 Å². The molecule has 0 saturated heterocycles. The van der Waals surface area contributed by atoms with Crippen molar-refractivity contribution in [1.29, 1.82) is 0 Å². The number of aryl methyl sites for hydroxylation is 2. The van der Waals surface area contributed by atoms with Crippen molar-refractivity contribution >= 4 is 39.2 Å². The van der Waals surface area contributed by atoms with Gasteiger partial charge in [-0.1, -0.05) is 29.5 Å². The van der Waals surface area contributed by atoms with Crippen LogP contribution in [0.4, 0.5) is 5.13 Å². The van der Waals surface area contributed by atoms with E-state index in [1.807, 2.05) is 31.2 Å². The number of fused-ring (bicyclic) bond motifs is 1. The highest BCUT2D eigenvalue weighted by Gasteiger charge is 2.23. The van der Waals surface area contributed by atoms with Crippen molar-refractivity contribution in [3.05, 3.63) is 56.8 Å². The van der Waals surface area contributed by atoms with Gasteiger partial charge in [-0.3, -0.25) is 14.2 Å². The van der Waals surface area contributed by atoms with E-state index in [0.717, 1.165) is 22.3 Å². The lowest BCUT2D eigenvalue weighted by Crippen LogP contribution is -2.31. The lowest BCUT2D eigenvalue weighted by molar-refractivity contribution is -0.118. The maximum absolute atomic E-state index is 12.8. The summed E-state index contributed by atoms with van der Waals surface area (Å²) in [6.07, 6.45) is -0.247. The van der Waals surface area contributed by atoms with Gasteiger partial charge >= 0.3 is 5.97 Å². The summed E-state index contributed by atoms with van der Waals surface area (Å²) >= 11 is 1.06. The van der Waals surface area contributed by atoms with Gasteiger partial charge in [0.15, 0.2) is 5.13 Å². The van der Waals surface area contributed by atoms with Gasteiger partial charge in [0.05, 0.1) is 17.3 Å². The van der Waals surface area contributed by atoms with E-state index in [2.05, 4.69) is 10.3 Å². The number of nitrogens with zero attached hydrogens (tertiary/aromatic N) is 2. The number of hydrogen-bond donors (Lipinski definition) is 1. The number of amides is 1. The summed E-state index contributed by atoms with van der Waals surface area (Å²) in [5.41, 5.74) is 1.79. The fraction of sp³-hybridized carbons (Fsp3) is 0.333. The van der Waals surface area contributed by atoms with E-state index >= 15 is 0 Å². The van der Waals surface area contributed by atoms with Crippen LogP contribution in [0.1, 0.15) is 47.7 Å².